The van der Waals surface area contributed by atoms with Crippen molar-refractivity contribution in [3.63, 3.8) is 0 Å². The van der Waals surface area contributed by atoms with E-state index >= 15 is 0 Å². The van der Waals surface area contributed by atoms with E-state index in [0.717, 1.165) is 12.8 Å². The lowest BCUT2D eigenvalue weighted by Gasteiger charge is -2.22. The molecule has 0 aliphatic heterocycles. The van der Waals surface area contributed by atoms with Crippen LogP contribution in [0.3, 0.4) is 0 Å². The van der Waals surface area contributed by atoms with Crippen molar-refractivity contribution in [2.75, 3.05) is 7.11 Å². The van der Waals surface area contributed by atoms with Crippen LogP contribution in [0.5, 0.6) is 0 Å². The van der Waals surface area contributed by atoms with Crippen molar-refractivity contribution in [1.82, 2.24) is 0 Å². The van der Waals surface area contributed by atoms with Crippen LogP contribution in [-0.4, -0.2) is 24.3 Å². The Bertz CT molecular complexity index is 202. The molecule has 3 heteroatoms. The summed E-state index contributed by atoms with van der Waals surface area (Å²) in [6.07, 6.45) is 2.32. The van der Waals surface area contributed by atoms with Crippen LogP contribution >= 0.6 is 0 Å². The number of carbonyl (C=O) groups excluding carboxylic acids is 1. The summed E-state index contributed by atoms with van der Waals surface area (Å²) in [4.78, 5) is 11.2. The predicted octanol–water partition coefficient (Wildman–Crippen LogP) is 0.566. The number of esters is 1. The Kier molecular flexibility index (Phi) is 1.83. The molecule has 2 aliphatic rings. The fourth-order valence-electron chi connectivity index (χ4n) is 2.37. The van der Waals surface area contributed by atoms with Gasteiger partial charge < -0.3 is 9.84 Å². The van der Waals surface area contributed by atoms with E-state index in [-0.39, 0.29) is 18.0 Å². The summed E-state index contributed by atoms with van der Waals surface area (Å²) in [6.45, 7) is 0. The zero-order valence-corrected chi connectivity index (χ0v) is 7.19. The minimum Gasteiger partial charge on any atom is -0.469 e. The van der Waals surface area contributed by atoms with E-state index in [4.69, 9.17) is 0 Å². The topological polar surface area (TPSA) is 46.5 Å². The zero-order valence-electron chi connectivity index (χ0n) is 7.19. The molecule has 12 heavy (non-hydrogen) atoms. The molecule has 0 radical (unpaired) electrons. The maximum Gasteiger partial charge on any atom is 0.309 e. The van der Waals surface area contributed by atoms with E-state index in [0.29, 0.717) is 18.3 Å². The quantitative estimate of drug-likeness (QED) is 0.585. The predicted molar refractivity (Wildman–Crippen MR) is 42.3 cm³/mol. The first-order chi connectivity index (χ1) is 5.72. The molecule has 2 saturated carbocycles. The third-order valence-corrected chi connectivity index (χ3v) is 3.10. The summed E-state index contributed by atoms with van der Waals surface area (Å²) in [5.41, 5.74) is 0. The molecule has 3 unspecified atom stereocenters. The van der Waals surface area contributed by atoms with E-state index < -0.39 is 0 Å². The van der Waals surface area contributed by atoms with Crippen molar-refractivity contribution in [2.24, 2.45) is 17.8 Å². The molecule has 1 N–H and O–H groups in total. The van der Waals surface area contributed by atoms with Gasteiger partial charge >= 0.3 is 5.97 Å². The monoisotopic (exact) mass is 170 g/mol. The Hall–Kier alpha value is -0.570. The molecule has 68 valence electrons. The van der Waals surface area contributed by atoms with Crippen LogP contribution in [0.1, 0.15) is 19.3 Å². The van der Waals surface area contributed by atoms with Crippen LogP contribution < -0.4 is 0 Å². The van der Waals surface area contributed by atoms with Crippen molar-refractivity contribution in [3.05, 3.63) is 0 Å². The number of rotatable bonds is 1. The summed E-state index contributed by atoms with van der Waals surface area (Å²) >= 11 is 0. The van der Waals surface area contributed by atoms with Crippen LogP contribution in [0.15, 0.2) is 0 Å². The Morgan fingerprint density at radius 3 is 2.83 bits per heavy atom. The highest BCUT2D eigenvalue weighted by Gasteiger charge is 2.51. The van der Waals surface area contributed by atoms with Gasteiger partial charge in [0.1, 0.15) is 0 Å². The molecule has 2 aliphatic carbocycles. The smallest absolute Gasteiger partial charge is 0.309 e. The Morgan fingerprint density at radius 1 is 1.42 bits per heavy atom. The van der Waals surface area contributed by atoms with Crippen LogP contribution in [0, 0.1) is 17.8 Å². The normalized spacial score (nSPS) is 44.8. The second kappa shape index (κ2) is 2.73. The van der Waals surface area contributed by atoms with Gasteiger partial charge in [-0.15, -0.1) is 0 Å². The molecule has 0 spiro atoms. The average molecular weight is 170 g/mol. The molecule has 0 aromatic heterocycles. The zero-order chi connectivity index (χ0) is 8.72. The largest absolute Gasteiger partial charge is 0.469 e. The molecule has 3 nitrogen and oxygen atoms in total. The number of hydrogen-bond donors (Lipinski definition) is 1. The van der Waals surface area contributed by atoms with Gasteiger partial charge in [0.15, 0.2) is 0 Å². The average Bonchev–Trinajstić information content (AvgIpc) is 2.80. The molecular formula is C9H14O3. The molecule has 0 aromatic carbocycles. The highest BCUT2D eigenvalue weighted by Crippen LogP contribution is 2.53. The first-order valence-electron chi connectivity index (χ1n) is 4.48. The molecule has 0 heterocycles. The maximum atomic E-state index is 11.2. The van der Waals surface area contributed by atoms with Crippen LogP contribution in [0.4, 0.5) is 0 Å². The lowest BCUT2D eigenvalue weighted by Crippen LogP contribution is -2.28. The van der Waals surface area contributed by atoms with E-state index in [2.05, 4.69) is 4.74 Å². The second-order valence-corrected chi connectivity index (χ2v) is 3.91. The summed E-state index contributed by atoms with van der Waals surface area (Å²) < 4.78 is 4.69. The highest BCUT2D eigenvalue weighted by molar-refractivity contribution is 5.73. The minimum atomic E-state index is -0.280. The molecule has 0 amide bonds. The molecule has 2 fully saturated rings. The SMILES string of the molecule is COC(=O)C1C[C@@H](O)CC2CC21. The van der Waals surface area contributed by atoms with Gasteiger partial charge in [-0.1, -0.05) is 0 Å². The molecule has 2 rings (SSSR count). The number of methoxy groups -OCH3 is 1. The molecule has 0 saturated heterocycles. The maximum absolute atomic E-state index is 11.2. The highest BCUT2D eigenvalue weighted by atomic mass is 16.5. The van der Waals surface area contributed by atoms with E-state index in [1.165, 1.54) is 7.11 Å². The van der Waals surface area contributed by atoms with Crippen molar-refractivity contribution in [3.8, 4) is 0 Å². The van der Waals surface area contributed by atoms with Gasteiger partial charge in [-0.2, -0.15) is 0 Å². The standard InChI is InChI=1S/C9H14O3/c1-12-9(11)8-4-6(10)2-5-3-7(5)8/h5-8,10H,2-4H2,1H3/t5?,6-,7?,8?/m0/s1. The fraction of sp³-hybridized carbons (Fsp3) is 0.889. The van der Waals surface area contributed by atoms with Gasteiger partial charge in [-0.25, -0.2) is 0 Å². The number of ether oxygens (including phenoxy) is 1. The minimum absolute atomic E-state index is 0.0243. The van der Waals surface area contributed by atoms with Gasteiger partial charge in [0.05, 0.1) is 19.1 Å². The lowest BCUT2D eigenvalue weighted by atomic mass is 9.87. The van der Waals surface area contributed by atoms with Crippen molar-refractivity contribution < 1.29 is 14.6 Å². The Labute approximate surface area is 71.7 Å². The van der Waals surface area contributed by atoms with Gasteiger partial charge in [0.25, 0.3) is 0 Å². The first-order valence-corrected chi connectivity index (χ1v) is 4.48. The van der Waals surface area contributed by atoms with Crippen molar-refractivity contribution in [2.45, 2.75) is 25.4 Å². The molecular weight excluding hydrogens is 156 g/mol. The van der Waals surface area contributed by atoms with Crippen LogP contribution in [-0.2, 0) is 9.53 Å². The molecule has 0 bridgehead atoms. The molecule has 4 atom stereocenters. The second-order valence-electron chi connectivity index (χ2n) is 3.91. The van der Waals surface area contributed by atoms with Gasteiger partial charge in [0.2, 0.25) is 0 Å². The van der Waals surface area contributed by atoms with Gasteiger partial charge in [-0.3, -0.25) is 4.79 Å². The van der Waals surface area contributed by atoms with E-state index in [1.807, 2.05) is 0 Å². The summed E-state index contributed by atoms with van der Waals surface area (Å²) in [5, 5.41) is 9.41. The number of aliphatic hydroxyl groups is 1. The Balaban J connectivity index is 2.01. The lowest BCUT2D eigenvalue weighted by molar-refractivity contribution is -0.148. The number of hydrogen-bond acceptors (Lipinski definition) is 3. The summed E-state index contributed by atoms with van der Waals surface area (Å²) in [7, 11) is 1.42. The van der Waals surface area contributed by atoms with Crippen molar-refractivity contribution in [1.29, 1.82) is 0 Å². The van der Waals surface area contributed by atoms with E-state index in [1.54, 1.807) is 0 Å². The number of carbonyl (C=O) groups is 1. The third kappa shape index (κ3) is 1.22. The fourth-order valence-corrected chi connectivity index (χ4v) is 2.37. The first kappa shape index (κ1) is 8.05. The Morgan fingerprint density at radius 2 is 2.17 bits per heavy atom. The third-order valence-electron chi connectivity index (χ3n) is 3.10. The van der Waals surface area contributed by atoms with Crippen molar-refractivity contribution >= 4 is 5.97 Å². The molecule has 0 aromatic rings. The summed E-state index contributed by atoms with van der Waals surface area (Å²) in [5.74, 6) is 0.948. The van der Waals surface area contributed by atoms with Gasteiger partial charge in [-0.05, 0) is 31.1 Å². The summed E-state index contributed by atoms with van der Waals surface area (Å²) in [6, 6.07) is 0. The van der Waals surface area contributed by atoms with Gasteiger partial charge in [0, 0.05) is 0 Å². The number of aliphatic hydroxyl groups excluding tert-OH is 1. The van der Waals surface area contributed by atoms with E-state index in [9.17, 15) is 9.90 Å². The number of fused-ring (bicyclic) bond motifs is 1. The van der Waals surface area contributed by atoms with Crippen LogP contribution in [0.2, 0.25) is 0 Å². The van der Waals surface area contributed by atoms with Crippen LogP contribution in [0.25, 0.3) is 0 Å².